The fraction of sp³-hybridized carbons (Fsp3) is 0.818. The van der Waals surface area contributed by atoms with E-state index in [1.54, 1.807) is 0 Å². The summed E-state index contributed by atoms with van der Waals surface area (Å²) in [5, 5.41) is 3.69. The highest BCUT2D eigenvalue weighted by Crippen LogP contribution is 2.20. The van der Waals surface area contributed by atoms with Gasteiger partial charge in [0.05, 0.1) is 0 Å². The van der Waals surface area contributed by atoms with Crippen LogP contribution in [0.25, 0.3) is 0 Å². The van der Waals surface area contributed by atoms with Gasteiger partial charge in [0.1, 0.15) is 0 Å². The molecule has 2 bridgehead atoms. The second-order valence-corrected chi connectivity index (χ2v) is 4.30. The molecule has 74 valence electrons. The predicted molar refractivity (Wildman–Crippen MR) is 55.8 cm³/mol. The molecule has 2 aliphatic rings. The third-order valence-corrected chi connectivity index (χ3v) is 3.26. The Morgan fingerprint density at radius 1 is 1.31 bits per heavy atom. The van der Waals surface area contributed by atoms with E-state index in [9.17, 15) is 0 Å². The highest BCUT2D eigenvalue weighted by molar-refractivity contribution is 4.89. The lowest BCUT2D eigenvalue weighted by atomic mass is 10.1. The van der Waals surface area contributed by atoms with E-state index in [0.29, 0.717) is 0 Å². The van der Waals surface area contributed by atoms with Crippen LogP contribution in [0.15, 0.2) is 12.7 Å². The number of nitrogens with one attached hydrogen (secondary N) is 1. The number of fused-ring (bicyclic) bond motifs is 2. The van der Waals surface area contributed by atoms with Crippen molar-refractivity contribution >= 4 is 0 Å². The summed E-state index contributed by atoms with van der Waals surface area (Å²) in [6.07, 6.45) is 7.29. The lowest BCUT2D eigenvalue weighted by Crippen LogP contribution is -2.35. The van der Waals surface area contributed by atoms with Gasteiger partial charge in [0.25, 0.3) is 0 Å². The minimum Gasteiger partial charge on any atom is -0.310 e. The summed E-state index contributed by atoms with van der Waals surface area (Å²) in [5.74, 6) is 0. The Hall–Kier alpha value is -0.340. The van der Waals surface area contributed by atoms with Crippen molar-refractivity contribution < 1.29 is 0 Å². The van der Waals surface area contributed by atoms with Gasteiger partial charge >= 0.3 is 0 Å². The normalized spacial score (nSPS) is 34.5. The van der Waals surface area contributed by atoms with Crippen molar-refractivity contribution in [1.82, 2.24) is 10.2 Å². The topological polar surface area (TPSA) is 15.3 Å². The fourth-order valence-electron chi connectivity index (χ4n) is 2.49. The second-order valence-electron chi connectivity index (χ2n) is 4.30. The Morgan fingerprint density at radius 2 is 2.15 bits per heavy atom. The first kappa shape index (κ1) is 9.22. The summed E-state index contributed by atoms with van der Waals surface area (Å²) in [5.41, 5.74) is 0. The van der Waals surface area contributed by atoms with Crippen molar-refractivity contribution in [2.45, 2.75) is 37.8 Å². The van der Waals surface area contributed by atoms with Crippen molar-refractivity contribution in [2.24, 2.45) is 0 Å². The van der Waals surface area contributed by atoms with Crippen LogP contribution < -0.4 is 5.32 Å². The zero-order valence-electron chi connectivity index (χ0n) is 8.34. The van der Waals surface area contributed by atoms with Gasteiger partial charge in [-0.3, -0.25) is 0 Å². The first-order valence-corrected chi connectivity index (χ1v) is 5.48. The quantitative estimate of drug-likeness (QED) is 0.660. The third kappa shape index (κ3) is 2.32. The number of hydrogen-bond donors (Lipinski definition) is 1. The minimum absolute atomic E-state index is 0.775. The average molecular weight is 180 g/mol. The molecule has 0 amide bonds. The van der Waals surface area contributed by atoms with Crippen LogP contribution in [-0.2, 0) is 0 Å². The predicted octanol–water partition coefficient (Wildman–Crippen LogP) is 1.39. The van der Waals surface area contributed by atoms with Crippen LogP contribution in [-0.4, -0.2) is 36.6 Å². The van der Waals surface area contributed by atoms with Gasteiger partial charge in [-0.1, -0.05) is 6.08 Å². The highest BCUT2D eigenvalue weighted by Gasteiger charge is 2.28. The lowest BCUT2D eigenvalue weighted by Gasteiger charge is -2.23. The van der Waals surface area contributed by atoms with E-state index in [1.165, 1.54) is 38.9 Å². The SMILES string of the molecule is C=CCCN1CCC2CCC(C1)N2. The Labute approximate surface area is 81.0 Å². The summed E-state index contributed by atoms with van der Waals surface area (Å²) >= 11 is 0. The molecule has 0 aromatic carbocycles. The Bertz CT molecular complexity index is 179. The molecule has 0 aromatic rings. The van der Waals surface area contributed by atoms with Crippen molar-refractivity contribution in [1.29, 1.82) is 0 Å². The number of likely N-dealkylation sites (tertiary alicyclic amines) is 1. The minimum atomic E-state index is 0.775. The molecule has 0 aromatic heterocycles. The van der Waals surface area contributed by atoms with E-state index in [4.69, 9.17) is 0 Å². The molecule has 2 heterocycles. The van der Waals surface area contributed by atoms with E-state index in [-0.39, 0.29) is 0 Å². The molecule has 2 fully saturated rings. The van der Waals surface area contributed by atoms with E-state index in [2.05, 4.69) is 16.8 Å². The summed E-state index contributed by atoms with van der Waals surface area (Å²) in [6, 6.07) is 1.59. The van der Waals surface area contributed by atoms with Gasteiger partial charge in [0, 0.05) is 25.2 Å². The Kier molecular flexibility index (Phi) is 3.01. The largest absolute Gasteiger partial charge is 0.310 e. The lowest BCUT2D eigenvalue weighted by molar-refractivity contribution is 0.263. The van der Waals surface area contributed by atoms with Crippen molar-refractivity contribution in [3.05, 3.63) is 12.7 Å². The first-order valence-electron chi connectivity index (χ1n) is 5.48. The van der Waals surface area contributed by atoms with Gasteiger partial charge < -0.3 is 10.2 Å². The second kappa shape index (κ2) is 4.25. The van der Waals surface area contributed by atoms with E-state index < -0.39 is 0 Å². The van der Waals surface area contributed by atoms with Crippen LogP contribution in [0.3, 0.4) is 0 Å². The fourth-order valence-corrected chi connectivity index (χ4v) is 2.49. The van der Waals surface area contributed by atoms with Gasteiger partial charge in [0.15, 0.2) is 0 Å². The zero-order valence-corrected chi connectivity index (χ0v) is 8.34. The van der Waals surface area contributed by atoms with E-state index in [0.717, 1.165) is 18.5 Å². The highest BCUT2D eigenvalue weighted by atomic mass is 15.2. The number of nitrogens with zero attached hydrogens (tertiary/aromatic N) is 1. The van der Waals surface area contributed by atoms with E-state index >= 15 is 0 Å². The van der Waals surface area contributed by atoms with Gasteiger partial charge in [-0.25, -0.2) is 0 Å². The van der Waals surface area contributed by atoms with Crippen LogP contribution >= 0.6 is 0 Å². The summed E-state index contributed by atoms with van der Waals surface area (Å²) < 4.78 is 0. The van der Waals surface area contributed by atoms with Crippen LogP contribution in [0, 0.1) is 0 Å². The molecule has 2 aliphatic heterocycles. The number of rotatable bonds is 3. The molecular weight excluding hydrogens is 160 g/mol. The maximum atomic E-state index is 3.77. The van der Waals surface area contributed by atoms with Crippen LogP contribution in [0.4, 0.5) is 0 Å². The summed E-state index contributed by atoms with van der Waals surface area (Å²) in [7, 11) is 0. The van der Waals surface area contributed by atoms with Gasteiger partial charge in [-0.15, -0.1) is 6.58 Å². The van der Waals surface area contributed by atoms with Crippen LogP contribution in [0.2, 0.25) is 0 Å². The van der Waals surface area contributed by atoms with Gasteiger partial charge in [-0.2, -0.15) is 0 Å². The third-order valence-electron chi connectivity index (χ3n) is 3.26. The van der Waals surface area contributed by atoms with Crippen molar-refractivity contribution in [3.8, 4) is 0 Å². The molecule has 2 atom stereocenters. The molecule has 13 heavy (non-hydrogen) atoms. The maximum absolute atomic E-state index is 3.77. The molecule has 2 unspecified atom stereocenters. The summed E-state index contributed by atoms with van der Waals surface area (Å²) in [6.45, 7) is 7.51. The smallest absolute Gasteiger partial charge is 0.0198 e. The van der Waals surface area contributed by atoms with Crippen molar-refractivity contribution in [2.75, 3.05) is 19.6 Å². The van der Waals surface area contributed by atoms with Crippen LogP contribution in [0.1, 0.15) is 25.7 Å². The van der Waals surface area contributed by atoms with Crippen molar-refractivity contribution in [3.63, 3.8) is 0 Å². The Balaban J connectivity index is 1.82. The maximum Gasteiger partial charge on any atom is 0.0198 e. The molecular formula is C11H20N2. The first-order chi connectivity index (χ1) is 6.38. The summed E-state index contributed by atoms with van der Waals surface area (Å²) in [4.78, 5) is 2.58. The monoisotopic (exact) mass is 180 g/mol. The molecule has 1 N–H and O–H groups in total. The Morgan fingerprint density at radius 3 is 3.00 bits per heavy atom. The average Bonchev–Trinajstić information content (AvgIpc) is 2.45. The van der Waals surface area contributed by atoms with Crippen LogP contribution in [0.5, 0.6) is 0 Å². The van der Waals surface area contributed by atoms with Gasteiger partial charge in [-0.05, 0) is 32.2 Å². The zero-order chi connectivity index (χ0) is 9.10. The molecule has 2 heteroatoms. The molecule has 0 radical (unpaired) electrons. The van der Waals surface area contributed by atoms with Gasteiger partial charge in [0.2, 0.25) is 0 Å². The molecule has 0 aliphatic carbocycles. The number of hydrogen-bond acceptors (Lipinski definition) is 2. The molecule has 2 saturated heterocycles. The molecule has 0 saturated carbocycles. The molecule has 0 spiro atoms. The molecule has 2 nitrogen and oxygen atoms in total. The molecule has 2 rings (SSSR count). The van der Waals surface area contributed by atoms with E-state index in [1.807, 2.05) is 6.08 Å². The standard InChI is InChI=1S/C11H20N2/c1-2-3-7-13-8-6-10-4-5-11(9-13)12-10/h2,10-12H,1,3-9H2.